The highest BCUT2D eigenvalue weighted by molar-refractivity contribution is 7.85. The molecule has 2 aliphatic rings. The predicted octanol–water partition coefficient (Wildman–Crippen LogP) is 4.99. The van der Waals surface area contributed by atoms with Crippen molar-refractivity contribution in [2.45, 2.75) is 46.1 Å². The van der Waals surface area contributed by atoms with Crippen LogP contribution in [0.2, 0.25) is 0 Å². The SMILES string of the molecule is C.Cc1cc(-c2cnc3c(NCC4CCS(=O)CC4)cc(Oc4cccnc4)nn23)ccc1C(=O)NC1CC1. The first-order chi connectivity index (χ1) is 18.5. The lowest BCUT2D eigenvalue weighted by molar-refractivity contribution is 0.0950. The topological polar surface area (TPSA) is 111 Å². The molecule has 10 heteroatoms. The van der Waals surface area contributed by atoms with Gasteiger partial charge >= 0.3 is 0 Å². The van der Waals surface area contributed by atoms with Gasteiger partial charge in [-0.15, -0.1) is 5.10 Å². The van der Waals surface area contributed by atoms with Gasteiger partial charge in [-0.25, -0.2) is 9.50 Å². The first-order valence-electron chi connectivity index (χ1n) is 13.0. The van der Waals surface area contributed by atoms with E-state index in [4.69, 9.17) is 14.8 Å². The summed E-state index contributed by atoms with van der Waals surface area (Å²) in [6, 6.07) is 11.6. The summed E-state index contributed by atoms with van der Waals surface area (Å²) in [7, 11) is -0.688. The number of hydrogen-bond acceptors (Lipinski definition) is 7. The molecule has 0 atom stereocenters. The standard InChI is InChI=1S/C28H30N6O3S.CH4/c1-18-13-20(4-7-23(18)28(35)32-21-5-6-21)25-17-31-27-24(30-15-19-8-11-38(36)12-9-19)14-26(33-34(25)27)37-22-3-2-10-29-16-22;/h2-4,7,10,13-14,16-17,19,21,30H,5-6,8-9,11-12,15H2,1H3,(H,32,35);1H4. The van der Waals surface area contributed by atoms with Crippen molar-refractivity contribution in [1.29, 1.82) is 0 Å². The first-order valence-corrected chi connectivity index (χ1v) is 14.5. The van der Waals surface area contributed by atoms with Gasteiger partial charge in [-0.1, -0.05) is 13.5 Å². The second kappa shape index (κ2) is 11.5. The van der Waals surface area contributed by atoms with E-state index in [1.807, 2.05) is 43.3 Å². The van der Waals surface area contributed by atoms with E-state index in [0.717, 1.165) is 66.2 Å². The molecule has 0 bridgehead atoms. The zero-order valence-electron chi connectivity index (χ0n) is 21.2. The number of rotatable bonds is 8. The average molecular weight is 547 g/mol. The third-order valence-corrected chi connectivity index (χ3v) is 8.45. The first kappa shape index (κ1) is 26.8. The van der Waals surface area contributed by atoms with Crippen LogP contribution in [0.1, 0.15) is 49.0 Å². The van der Waals surface area contributed by atoms with Crippen LogP contribution in [0.25, 0.3) is 16.9 Å². The Kier molecular flexibility index (Phi) is 7.92. The highest BCUT2D eigenvalue weighted by Gasteiger charge is 2.25. The van der Waals surface area contributed by atoms with Crippen molar-refractivity contribution in [2.75, 3.05) is 23.4 Å². The summed E-state index contributed by atoms with van der Waals surface area (Å²) in [5, 5.41) is 11.4. The Balaban J connectivity index is 0.00000308. The molecular weight excluding hydrogens is 512 g/mol. The number of aryl methyl sites for hydroxylation is 1. The Morgan fingerprint density at radius 2 is 1.95 bits per heavy atom. The van der Waals surface area contributed by atoms with Crippen LogP contribution in [0.4, 0.5) is 5.69 Å². The molecule has 0 spiro atoms. The van der Waals surface area contributed by atoms with E-state index in [-0.39, 0.29) is 13.3 Å². The van der Waals surface area contributed by atoms with Crippen molar-refractivity contribution in [3.05, 3.63) is 66.1 Å². The van der Waals surface area contributed by atoms with E-state index < -0.39 is 10.8 Å². The van der Waals surface area contributed by atoms with E-state index in [1.165, 1.54) is 0 Å². The average Bonchev–Trinajstić information content (AvgIpc) is 3.63. The van der Waals surface area contributed by atoms with Crippen molar-refractivity contribution in [2.24, 2.45) is 5.92 Å². The molecule has 3 aromatic heterocycles. The van der Waals surface area contributed by atoms with Gasteiger partial charge in [0, 0.05) is 58.3 Å². The lowest BCUT2D eigenvalue weighted by atomic mass is 10.0. The Bertz CT molecular complexity index is 1490. The number of carbonyl (C=O) groups excluding carboxylic acids is 1. The lowest BCUT2D eigenvalue weighted by Crippen LogP contribution is -2.26. The minimum atomic E-state index is -0.688. The summed E-state index contributed by atoms with van der Waals surface area (Å²) in [4.78, 5) is 21.5. The molecule has 1 aromatic carbocycles. The molecule has 9 nitrogen and oxygen atoms in total. The third kappa shape index (κ3) is 6.11. The zero-order valence-corrected chi connectivity index (χ0v) is 22.0. The molecular formula is C29H34N6O3S. The molecule has 4 heterocycles. The van der Waals surface area contributed by atoms with Crippen molar-refractivity contribution < 1.29 is 13.7 Å². The molecule has 2 N–H and O–H groups in total. The number of fused-ring (bicyclic) bond motifs is 1. The largest absolute Gasteiger partial charge is 0.436 e. The van der Waals surface area contributed by atoms with Gasteiger partial charge in [0.25, 0.3) is 5.91 Å². The Hall–Kier alpha value is -3.79. The number of ether oxygens (including phenoxy) is 1. The minimum absolute atomic E-state index is 0. The van der Waals surface area contributed by atoms with E-state index in [9.17, 15) is 9.00 Å². The molecule has 1 aliphatic carbocycles. The molecule has 1 amide bonds. The monoisotopic (exact) mass is 546 g/mol. The molecule has 0 unspecified atom stereocenters. The van der Waals surface area contributed by atoms with Crippen LogP contribution in [-0.4, -0.2) is 53.8 Å². The maximum atomic E-state index is 12.6. The fourth-order valence-electron chi connectivity index (χ4n) is 4.72. The Morgan fingerprint density at radius 3 is 2.67 bits per heavy atom. The summed E-state index contributed by atoms with van der Waals surface area (Å²) in [5.41, 5.74) is 4.78. The molecule has 6 rings (SSSR count). The zero-order chi connectivity index (χ0) is 26.1. The molecule has 1 saturated heterocycles. The van der Waals surface area contributed by atoms with Crippen molar-refractivity contribution in [3.63, 3.8) is 0 Å². The number of amides is 1. The van der Waals surface area contributed by atoms with E-state index in [0.29, 0.717) is 34.8 Å². The molecule has 204 valence electrons. The normalized spacial score (nSPS) is 18.8. The number of nitrogens with one attached hydrogen (secondary N) is 2. The van der Waals surface area contributed by atoms with E-state index >= 15 is 0 Å². The molecule has 1 aliphatic heterocycles. The molecule has 39 heavy (non-hydrogen) atoms. The van der Waals surface area contributed by atoms with Gasteiger partial charge in [-0.2, -0.15) is 0 Å². The van der Waals surface area contributed by atoms with Crippen LogP contribution in [0.5, 0.6) is 11.6 Å². The number of nitrogens with zero attached hydrogens (tertiary/aromatic N) is 4. The van der Waals surface area contributed by atoms with Crippen LogP contribution < -0.4 is 15.4 Å². The van der Waals surface area contributed by atoms with Crippen LogP contribution >= 0.6 is 0 Å². The summed E-state index contributed by atoms with van der Waals surface area (Å²) < 4.78 is 19.6. The van der Waals surface area contributed by atoms with Gasteiger partial charge < -0.3 is 15.4 Å². The third-order valence-electron chi connectivity index (χ3n) is 7.07. The molecule has 2 fully saturated rings. The second-order valence-corrected chi connectivity index (χ2v) is 11.7. The van der Waals surface area contributed by atoms with Crippen LogP contribution in [-0.2, 0) is 10.8 Å². The van der Waals surface area contributed by atoms with Crippen LogP contribution in [0.3, 0.4) is 0 Å². The highest BCUT2D eigenvalue weighted by atomic mass is 32.2. The number of hydrogen-bond donors (Lipinski definition) is 2. The van der Waals surface area contributed by atoms with Gasteiger partial charge in [0.2, 0.25) is 5.88 Å². The summed E-state index contributed by atoms with van der Waals surface area (Å²) in [6.07, 6.45) is 9.12. The Labute approximate surface area is 230 Å². The van der Waals surface area contributed by atoms with Crippen molar-refractivity contribution in [3.8, 4) is 22.9 Å². The van der Waals surface area contributed by atoms with Gasteiger partial charge in [0.15, 0.2) is 5.65 Å². The van der Waals surface area contributed by atoms with Gasteiger partial charge in [-0.05, 0) is 68.4 Å². The number of aromatic nitrogens is 4. The van der Waals surface area contributed by atoms with Crippen molar-refractivity contribution in [1.82, 2.24) is 24.9 Å². The second-order valence-electron chi connectivity index (χ2n) is 10.0. The lowest BCUT2D eigenvalue weighted by Gasteiger charge is -2.22. The van der Waals surface area contributed by atoms with E-state index in [1.54, 1.807) is 23.1 Å². The molecule has 1 saturated carbocycles. The summed E-state index contributed by atoms with van der Waals surface area (Å²) in [6.45, 7) is 2.71. The van der Waals surface area contributed by atoms with E-state index in [2.05, 4.69) is 15.6 Å². The number of benzene rings is 1. The fraction of sp³-hybridized carbons (Fsp3) is 0.379. The molecule has 4 aromatic rings. The minimum Gasteiger partial charge on any atom is -0.436 e. The fourth-order valence-corrected chi connectivity index (χ4v) is 6.12. The van der Waals surface area contributed by atoms with Crippen LogP contribution in [0, 0.1) is 12.8 Å². The summed E-state index contributed by atoms with van der Waals surface area (Å²) >= 11 is 0. The number of imidazole rings is 1. The number of carbonyl (C=O) groups is 1. The quantitative estimate of drug-likeness (QED) is 0.320. The maximum Gasteiger partial charge on any atom is 0.251 e. The number of anilines is 1. The summed E-state index contributed by atoms with van der Waals surface area (Å²) in [5.74, 6) is 2.94. The van der Waals surface area contributed by atoms with Gasteiger partial charge in [-0.3, -0.25) is 14.0 Å². The predicted molar refractivity (Wildman–Crippen MR) is 154 cm³/mol. The maximum absolute atomic E-state index is 12.6. The van der Waals surface area contributed by atoms with Gasteiger partial charge in [0.05, 0.1) is 23.8 Å². The Morgan fingerprint density at radius 1 is 1.13 bits per heavy atom. The van der Waals surface area contributed by atoms with Crippen molar-refractivity contribution >= 4 is 28.0 Å². The van der Waals surface area contributed by atoms with Gasteiger partial charge in [0.1, 0.15) is 5.75 Å². The molecule has 0 radical (unpaired) electrons. The number of pyridine rings is 1. The highest BCUT2D eigenvalue weighted by Crippen LogP contribution is 2.30. The smallest absolute Gasteiger partial charge is 0.251 e. The van der Waals surface area contributed by atoms with Crippen LogP contribution in [0.15, 0.2) is 55.0 Å².